The highest BCUT2D eigenvalue weighted by Crippen LogP contribution is 2.43. The molecule has 1 heterocycles. The molecule has 0 bridgehead atoms. The Hall–Kier alpha value is -2.73. The Bertz CT molecular complexity index is 772. The molecule has 6 nitrogen and oxygen atoms in total. The van der Waals surface area contributed by atoms with Crippen LogP contribution in [0.2, 0.25) is 0 Å². The van der Waals surface area contributed by atoms with Crippen LogP contribution in [0, 0.1) is 0 Å². The molecule has 0 aliphatic carbocycles. The number of rotatable bonds is 6. The third kappa shape index (κ3) is 4.34. The second-order valence-corrected chi connectivity index (χ2v) is 6.42. The van der Waals surface area contributed by atoms with Gasteiger partial charge >= 0.3 is 0 Å². The van der Waals surface area contributed by atoms with E-state index in [1.54, 1.807) is 19.2 Å². The fourth-order valence-corrected chi connectivity index (χ4v) is 3.41. The lowest BCUT2D eigenvalue weighted by atomic mass is 9.86. The number of nitrogens with zero attached hydrogens (tertiary/aromatic N) is 1. The molecule has 1 unspecified atom stereocenters. The Morgan fingerprint density at radius 3 is 2.48 bits per heavy atom. The maximum Gasteiger partial charge on any atom is 0.223 e. The first-order valence-electron chi connectivity index (χ1n) is 8.99. The van der Waals surface area contributed by atoms with Crippen molar-refractivity contribution in [3.05, 3.63) is 53.6 Å². The maximum absolute atomic E-state index is 12.9. The van der Waals surface area contributed by atoms with Gasteiger partial charge in [-0.2, -0.15) is 0 Å². The summed E-state index contributed by atoms with van der Waals surface area (Å²) in [5.74, 6) is 0.747. The standard InChI is InChI=1S/C21H25NO5/c1-25-16-12-18(23)21(19(13-16)26-2)17(15-6-4-3-5-7-15)14-20(24)22-8-10-27-11-9-22/h3-7,12-13,17,23H,8-11,14H2,1-2H3. The van der Waals surface area contributed by atoms with Gasteiger partial charge < -0.3 is 24.2 Å². The predicted molar refractivity (Wildman–Crippen MR) is 102 cm³/mol. The average Bonchev–Trinajstić information content (AvgIpc) is 2.72. The summed E-state index contributed by atoms with van der Waals surface area (Å²) < 4.78 is 16.1. The molecule has 1 fully saturated rings. The zero-order chi connectivity index (χ0) is 19.2. The molecule has 6 heteroatoms. The number of carbonyl (C=O) groups excluding carboxylic acids is 1. The van der Waals surface area contributed by atoms with Gasteiger partial charge in [-0.15, -0.1) is 0 Å². The highest BCUT2D eigenvalue weighted by Gasteiger charge is 2.28. The van der Waals surface area contributed by atoms with Crippen molar-refractivity contribution in [2.45, 2.75) is 12.3 Å². The molecule has 0 saturated carbocycles. The normalized spacial score (nSPS) is 15.3. The molecule has 1 aliphatic heterocycles. The highest BCUT2D eigenvalue weighted by molar-refractivity contribution is 5.78. The van der Waals surface area contributed by atoms with Gasteiger partial charge in [0.2, 0.25) is 5.91 Å². The molecule has 1 atom stereocenters. The van der Waals surface area contributed by atoms with E-state index in [0.29, 0.717) is 43.4 Å². The van der Waals surface area contributed by atoms with E-state index < -0.39 is 0 Å². The summed E-state index contributed by atoms with van der Waals surface area (Å²) in [7, 11) is 3.08. The van der Waals surface area contributed by atoms with E-state index in [1.807, 2.05) is 35.2 Å². The SMILES string of the molecule is COc1cc(O)c(C(CC(=O)N2CCOCC2)c2ccccc2)c(OC)c1. The van der Waals surface area contributed by atoms with Gasteiger partial charge in [0, 0.05) is 43.1 Å². The number of benzene rings is 2. The van der Waals surface area contributed by atoms with Gasteiger partial charge in [0.15, 0.2) is 0 Å². The minimum absolute atomic E-state index is 0.0319. The van der Waals surface area contributed by atoms with Crippen LogP contribution < -0.4 is 9.47 Å². The zero-order valence-electron chi connectivity index (χ0n) is 15.7. The monoisotopic (exact) mass is 371 g/mol. The topological polar surface area (TPSA) is 68.2 Å². The van der Waals surface area contributed by atoms with Crippen LogP contribution in [0.1, 0.15) is 23.5 Å². The first-order valence-corrected chi connectivity index (χ1v) is 8.99. The van der Waals surface area contributed by atoms with Crippen molar-refractivity contribution >= 4 is 5.91 Å². The number of phenolic OH excluding ortho intramolecular Hbond substituents is 1. The number of methoxy groups -OCH3 is 2. The van der Waals surface area contributed by atoms with Crippen LogP contribution in [-0.4, -0.2) is 56.4 Å². The molecule has 0 spiro atoms. The van der Waals surface area contributed by atoms with Crippen molar-refractivity contribution in [1.82, 2.24) is 4.90 Å². The highest BCUT2D eigenvalue weighted by atomic mass is 16.5. The van der Waals surface area contributed by atoms with Gasteiger partial charge in [0.1, 0.15) is 17.2 Å². The van der Waals surface area contributed by atoms with E-state index in [0.717, 1.165) is 5.56 Å². The summed E-state index contributed by atoms with van der Waals surface area (Å²) in [4.78, 5) is 14.7. The van der Waals surface area contributed by atoms with Crippen LogP contribution in [0.15, 0.2) is 42.5 Å². The Labute approximate surface area is 159 Å². The predicted octanol–water partition coefficient (Wildman–Crippen LogP) is 2.79. The number of hydrogen-bond donors (Lipinski definition) is 1. The van der Waals surface area contributed by atoms with Gasteiger partial charge in [0.05, 0.1) is 27.4 Å². The smallest absolute Gasteiger partial charge is 0.223 e. The fourth-order valence-electron chi connectivity index (χ4n) is 3.41. The fraction of sp³-hybridized carbons (Fsp3) is 0.381. The summed E-state index contributed by atoms with van der Waals surface area (Å²) in [6.45, 7) is 2.29. The van der Waals surface area contributed by atoms with Crippen LogP contribution in [0.3, 0.4) is 0 Å². The van der Waals surface area contributed by atoms with Crippen LogP contribution in [-0.2, 0) is 9.53 Å². The molecule has 27 heavy (non-hydrogen) atoms. The summed E-state index contributed by atoms with van der Waals surface area (Å²) >= 11 is 0. The molecular formula is C21H25NO5. The molecule has 0 aromatic heterocycles. The summed E-state index contributed by atoms with van der Waals surface area (Å²) in [5.41, 5.74) is 1.53. The average molecular weight is 371 g/mol. The van der Waals surface area contributed by atoms with Gasteiger partial charge in [-0.25, -0.2) is 0 Å². The molecule has 2 aromatic carbocycles. The van der Waals surface area contributed by atoms with Crippen molar-refractivity contribution in [1.29, 1.82) is 0 Å². The maximum atomic E-state index is 12.9. The molecule has 1 saturated heterocycles. The third-order valence-electron chi connectivity index (χ3n) is 4.84. The lowest BCUT2D eigenvalue weighted by molar-refractivity contribution is -0.135. The number of carbonyl (C=O) groups is 1. The Balaban J connectivity index is 1.99. The molecule has 1 aliphatic rings. The molecule has 2 aromatic rings. The number of ether oxygens (including phenoxy) is 3. The van der Waals surface area contributed by atoms with E-state index in [1.165, 1.54) is 7.11 Å². The lowest BCUT2D eigenvalue weighted by Crippen LogP contribution is -2.41. The molecule has 1 N–H and O–H groups in total. The van der Waals surface area contributed by atoms with Crippen LogP contribution >= 0.6 is 0 Å². The first kappa shape index (κ1) is 19.0. The van der Waals surface area contributed by atoms with Gasteiger partial charge in [0.25, 0.3) is 0 Å². The van der Waals surface area contributed by atoms with Gasteiger partial charge in [-0.05, 0) is 5.56 Å². The first-order chi connectivity index (χ1) is 13.1. The van der Waals surface area contributed by atoms with Crippen molar-refractivity contribution in [3.8, 4) is 17.2 Å². The molecule has 0 radical (unpaired) electrons. The Kier molecular flexibility index (Phi) is 6.19. The van der Waals surface area contributed by atoms with E-state index in [9.17, 15) is 9.90 Å². The quantitative estimate of drug-likeness (QED) is 0.846. The number of hydrogen-bond acceptors (Lipinski definition) is 5. The minimum Gasteiger partial charge on any atom is -0.507 e. The van der Waals surface area contributed by atoms with Crippen molar-refractivity contribution in [2.75, 3.05) is 40.5 Å². The lowest BCUT2D eigenvalue weighted by Gasteiger charge is -2.29. The summed E-state index contributed by atoms with van der Waals surface area (Å²) in [5, 5.41) is 10.7. The molecular weight excluding hydrogens is 346 g/mol. The molecule has 1 amide bonds. The Morgan fingerprint density at radius 1 is 1.15 bits per heavy atom. The summed E-state index contributed by atoms with van der Waals surface area (Å²) in [6.07, 6.45) is 0.236. The van der Waals surface area contributed by atoms with Crippen molar-refractivity contribution in [2.24, 2.45) is 0 Å². The second-order valence-electron chi connectivity index (χ2n) is 6.42. The molecule has 3 rings (SSSR count). The van der Waals surface area contributed by atoms with Crippen LogP contribution in [0.4, 0.5) is 0 Å². The number of morpholine rings is 1. The van der Waals surface area contributed by atoms with E-state index >= 15 is 0 Å². The van der Waals surface area contributed by atoms with Gasteiger partial charge in [-0.3, -0.25) is 4.79 Å². The van der Waals surface area contributed by atoms with E-state index in [2.05, 4.69) is 0 Å². The number of aromatic hydroxyl groups is 1. The Morgan fingerprint density at radius 2 is 1.85 bits per heavy atom. The zero-order valence-corrected chi connectivity index (χ0v) is 15.7. The second kappa shape index (κ2) is 8.77. The largest absolute Gasteiger partial charge is 0.507 e. The third-order valence-corrected chi connectivity index (χ3v) is 4.84. The van der Waals surface area contributed by atoms with Crippen molar-refractivity contribution < 1.29 is 24.1 Å². The summed E-state index contributed by atoms with van der Waals surface area (Å²) in [6, 6.07) is 13.0. The number of phenols is 1. The van der Waals surface area contributed by atoms with E-state index in [-0.39, 0.29) is 24.0 Å². The van der Waals surface area contributed by atoms with Crippen molar-refractivity contribution in [3.63, 3.8) is 0 Å². The number of amides is 1. The van der Waals surface area contributed by atoms with E-state index in [4.69, 9.17) is 14.2 Å². The molecule has 144 valence electrons. The van der Waals surface area contributed by atoms with Crippen LogP contribution in [0.25, 0.3) is 0 Å². The van der Waals surface area contributed by atoms with Crippen LogP contribution in [0.5, 0.6) is 17.2 Å². The van der Waals surface area contributed by atoms with Gasteiger partial charge in [-0.1, -0.05) is 30.3 Å². The minimum atomic E-state index is -0.331.